The Morgan fingerprint density at radius 1 is 1.13 bits per heavy atom. The first-order chi connectivity index (χ1) is 14.4. The van der Waals surface area contributed by atoms with Crippen LogP contribution in [0.15, 0.2) is 67.0 Å². The van der Waals surface area contributed by atoms with Gasteiger partial charge in [-0.2, -0.15) is 0 Å². The lowest BCUT2D eigenvalue weighted by atomic mass is 10.1. The summed E-state index contributed by atoms with van der Waals surface area (Å²) in [5.41, 5.74) is 10.3. The highest BCUT2D eigenvalue weighted by Gasteiger charge is 2.16. The van der Waals surface area contributed by atoms with Crippen LogP contribution in [0.5, 0.6) is 0 Å². The molecule has 0 fully saturated rings. The minimum Gasteiger partial charge on any atom is -0.384 e. The van der Waals surface area contributed by atoms with Crippen LogP contribution in [-0.2, 0) is 13.5 Å². The number of aryl methyl sites for hydroxylation is 1. The molecule has 0 spiro atoms. The molecule has 1 amide bonds. The zero-order valence-corrected chi connectivity index (χ0v) is 16.8. The highest BCUT2D eigenvalue weighted by atomic mass is 16.2. The van der Waals surface area contributed by atoms with Crippen molar-refractivity contribution < 1.29 is 4.79 Å². The number of fused-ring (bicyclic) bond motifs is 1. The molecule has 0 atom stereocenters. The predicted octanol–water partition coefficient (Wildman–Crippen LogP) is 3.12. The molecule has 3 N–H and O–H groups in total. The largest absolute Gasteiger partial charge is 0.384 e. The maximum atomic E-state index is 12.9. The molecule has 2 aromatic carbocycles. The van der Waals surface area contributed by atoms with Gasteiger partial charge in [0.25, 0.3) is 5.91 Å². The van der Waals surface area contributed by atoms with Crippen LogP contribution in [0.4, 0.5) is 5.69 Å². The Morgan fingerprint density at radius 3 is 2.53 bits per heavy atom. The summed E-state index contributed by atoms with van der Waals surface area (Å²) in [5.74, 6) is 0.834. The number of hydrogen-bond acceptors (Lipinski definition) is 4. The van der Waals surface area contributed by atoms with Gasteiger partial charge in [-0.1, -0.05) is 24.3 Å². The highest BCUT2D eigenvalue weighted by molar-refractivity contribution is 6.07. The Labute approximate surface area is 174 Å². The number of imidazole rings is 1. The van der Waals surface area contributed by atoms with Gasteiger partial charge in [0.2, 0.25) is 0 Å². The number of nitrogens with one attached hydrogen (secondary N) is 1. The molecule has 7 heteroatoms. The average molecular weight is 398 g/mol. The van der Waals surface area contributed by atoms with Gasteiger partial charge in [0.05, 0.1) is 22.9 Å². The van der Waals surface area contributed by atoms with E-state index < -0.39 is 0 Å². The average Bonchev–Trinajstić information content (AvgIpc) is 3.08. The molecule has 0 aliphatic rings. The molecule has 2 heterocycles. The van der Waals surface area contributed by atoms with Crippen molar-refractivity contribution in [2.24, 2.45) is 12.8 Å². The summed E-state index contributed by atoms with van der Waals surface area (Å²) < 4.78 is 2.04. The molecule has 2 aromatic heterocycles. The van der Waals surface area contributed by atoms with Gasteiger partial charge < -0.3 is 15.2 Å². The van der Waals surface area contributed by atoms with Crippen molar-refractivity contribution in [1.82, 2.24) is 14.5 Å². The first-order valence-corrected chi connectivity index (χ1v) is 9.51. The summed E-state index contributed by atoms with van der Waals surface area (Å²) in [6.07, 6.45) is 3.98. The van der Waals surface area contributed by atoms with Crippen molar-refractivity contribution in [2.75, 3.05) is 11.9 Å². The number of anilines is 1. The molecule has 0 aliphatic heterocycles. The molecular weight excluding hydrogens is 376 g/mol. The molecule has 0 unspecified atom stereocenters. The zero-order chi connectivity index (χ0) is 21.3. The summed E-state index contributed by atoms with van der Waals surface area (Å²) >= 11 is 0. The van der Waals surface area contributed by atoms with Gasteiger partial charge in [-0.15, -0.1) is 0 Å². The quantitative estimate of drug-likeness (QED) is 0.398. The number of aromatic nitrogens is 3. The van der Waals surface area contributed by atoms with Crippen molar-refractivity contribution in [1.29, 1.82) is 5.41 Å². The van der Waals surface area contributed by atoms with E-state index in [0.717, 1.165) is 28.1 Å². The van der Waals surface area contributed by atoms with Gasteiger partial charge in [-0.05, 0) is 35.9 Å². The second kappa shape index (κ2) is 7.79. The molecule has 4 aromatic rings. The fourth-order valence-electron chi connectivity index (χ4n) is 3.39. The number of benzene rings is 2. The second-order valence-corrected chi connectivity index (χ2v) is 7.15. The van der Waals surface area contributed by atoms with Crippen molar-refractivity contribution in [3.05, 3.63) is 89.5 Å². The van der Waals surface area contributed by atoms with E-state index in [9.17, 15) is 4.79 Å². The maximum Gasteiger partial charge on any atom is 0.258 e. The SMILES string of the molecule is CN(C(=O)c1ccc2c(c1)nc(Cc1ccc(C(=N)N)cc1)n2C)c1cccnc1. The molecular formula is C23H22N6O. The van der Waals surface area contributed by atoms with E-state index >= 15 is 0 Å². The topological polar surface area (TPSA) is 101 Å². The van der Waals surface area contributed by atoms with E-state index in [1.54, 1.807) is 30.4 Å². The first-order valence-electron chi connectivity index (χ1n) is 9.51. The van der Waals surface area contributed by atoms with E-state index in [1.807, 2.05) is 60.1 Å². The number of pyridine rings is 1. The zero-order valence-electron chi connectivity index (χ0n) is 16.8. The minimum absolute atomic E-state index is 0.0535. The van der Waals surface area contributed by atoms with Gasteiger partial charge in [-0.25, -0.2) is 4.98 Å². The van der Waals surface area contributed by atoms with E-state index in [4.69, 9.17) is 16.1 Å². The van der Waals surface area contributed by atoms with E-state index in [0.29, 0.717) is 17.5 Å². The van der Waals surface area contributed by atoms with Gasteiger partial charge in [0.15, 0.2) is 0 Å². The summed E-state index contributed by atoms with van der Waals surface area (Å²) in [5, 5.41) is 7.50. The normalized spacial score (nSPS) is 10.9. The Bertz CT molecular complexity index is 1230. The summed E-state index contributed by atoms with van der Waals surface area (Å²) in [4.78, 5) is 23.3. The fraction of sp³-hybridized carbons (Fsp3) is 0.130. The lowest BCUT2D eigenvalue weighted by molar-refractivity contribution is 0.0993. The van der Waals surface area contributed by atoms with Gasteiger partial charge >= 0.3 is 0 Å². The number of nitrogens with zero attached hydrogens (tertiary/aromatic N) is 4. The standard InChI is InChI=1S/C23H22N6O/c1-28(18-4-3-11-26-14-18)23(30)17-9-10-20-19(13-17)27-21(29(20)2)12-15-5-7-16(8-6-15)22(24)25/h3-11,13-14H,12H2,1-2H3,(H3,24,25). The number of amidine groups is 1. The molecule has 30 heavy (non-hydrogen) atoms. The molecule has 0 saturated carbocycles. The number of rotatable bonds is 5. The molecule has 0 aliphatic carbocycles. The third kappa shape index (κ3) is 3.65. The van der Waals surface area contributed by atoms with Crippen LogP contribution in [0.25, 0.3) is 11.0 Å². The molecule has 0 radical (unpaired) electrons. The van der Waals surface area contributed by atoms with Crippen LogP contribution >= 0.6 is 0 Å². The van der Waals surface area contributed by atoms with Gasteiger partial charge in [0, 0.05) is 37.8 Å². The summed E-state index contributed by atoms with van der Waals surface area (Å²) in [7, 11) is 3.70. The third-order valence-corrected chi connectivity index (χ3v) is 5.19. The fourth-order valence-corrected chi connectivity index (χ4v) is 3.39. The van der Waals surface area contributed by atoms with Crippen LogP contribution in [0, 0.1) is 5.41 Å². The van der Waals surface area contributed by atoms with E-state index in [1.165, 1.54) is 0 Å². The van der Waals surface area contributed by atoms with E-state index in [2.05, 4.69) is 4.98 Å². The van der Waals surface area contributed by atoms with Crippen LogP contribution in [0.3, 0.4) is 0 Å². The smallest absolute Gasteiger partial charge is 0.258 e. The Morgan fingerprint density at radius 2 is 1.87 bits per heavy atom. The van der Waals surface area contributed by atoms with Gasteiger partial charge in [-0.3, -0.25) is 15.2 Å². The molecule has 0 bridgehead atoms. The van der Waals surface area contributed by atoms with Crippen molar-refractivity contribution in [3.8, 4) is 0 Å². The maximum absolute atomic E-state index is 12.9. The summed E-state index contributed by atoms with van der Waals surface area (Å²) in [6.45, 7) is 0. The Hall–Kier alpha value is -4.00. The van der Waals surface area contributed by atoms with Crippen LogP contribution in [0.2, 0.25) is 0 Å². The summed E-state index contributed by atoms with van der Waals surface area (Å²) in [6, 6.07) is 16.8. The lowest BCUT2D eigenvalue weighted by Crippen LogP contribution is -2.26. The minimum atomic E-state index is -0.114. The first kappa shape index (κ1) is 19.3. The van der Waals surface area contributed by atoms with Gasteiger partial charge in [0.1, 0.15) is 11.7 Å². The predicted molar refractivity (Wildman–Crippen MR) is 118 cm³/mol. The van der Waals surface area contributed by atoms with Crippen LogP contribution in [-0.4, -0.2) is 33.3 Å². The monoisotopic (exact) mass is 398 g/mol. The van der Waals surface area contributed by atoms with Crippen molar-refractivity contribution in [3.63, 3.8) is 0 Å². The second-order valence-electron chi connectivity index (χ2n) is 7.15. The number of nitrogens with two attached hydrogens (primary N) is 1. The third-order valence-electron chi connectivity index (χ3n) is 5.19. The van der Waals surface area contributed by atoms with Crippen molar-refractivity contribution in [2.45, 2.75) is 6.42 Å². The highest BCUT2D eigenvalue weighted by Crippen LogP contribution is 2.21. The Kier molecular flexibility index (Phi) is 5.02. The number of amides is 1. The van der Waals surface area contributed by atoms with E-state index in [-0.39, 0.29) is 11.7 Å². The number of carbonyl (C=O) groups excluding carboxylic acids is 1. The molecule has 0 saturated heterocycles. The number of hydrogen-bond donors (Lipinski definition) is 2. The number of nitrogen functional groups attached to an aromatic ring is 1. The number of carbonyl (C=O) groups is 1. The molecule has 4 rings (SSSR count). The molecule has 7 nitrogen and oxygen atoms in total. The van der Waals surface area contributed by atoms with Crippen LogP contribution < -0.4 is 10.6 Å². The van der Waals surface area contributed by atoms with Crippen LogP contribution in [0.1, 0.15) is 27.3 Å². The molecule has 150 valence electrons. The Balaban J connectivity index is 1.61. The lowest BCUT2D eigenvalue weighted by Gasteiger charge is -2.16. The van der Waals surface area contributed by atoms with Crippen molar-refractivity contribution >= 4 is 28.5 Å².